The number of hydrogen-bond donors (Lipinski definition) is 1. The Balaban J connectivity index is 2.39. The predicted molar refractivity (Wildman–Crippen MR) is 84.4 cm³/mol. The highest BCUT2D eigenvalue weighted by Gasteiger charge is 2.13. The summed E-state index contributed by atoms with van der Waals surface area (Å²) < 4.78 is 4.87. The molecule has 0 spiro atoms. The molecule has 0 saturated heterocycles. The lowest BCUT2D eigenvalue weighted by molar-refractivity contribution is -0.130. The maximum atomic E-state index is 11.3. The third-order valence-electron chi connectivity index (χ3n) is 2.97. The molecule has 2 aromatic carbocycles. The highest BCUT2D eigenvalue weighted by molar-refractivity contribution is 6.16. The number of aliphatic carboxylic acids is 1. The number of hydrogen-bond acceptors (Lipinski definition) is 2. The molecule has 0 fully saturated rings. The fraction of sp³-hybridized carbons (Fsp3) is 0.0556. The van der Waals surface area contributed by atoms with Crippen molar-refractivity contribution >= 4 is 23.7 Å². The number of carboxylic acids is 1. The Morgan fingerprint density at radius 1 is 1.00 bits per heavy atom. The molecular weight excluding hydrogens is 264 g/mol. The van der Waals surface area contributed by atoms with E-state index in [4.69, 9.17) is 4.74 Å². The van der Waals surface area contributed by atoms with Gasteiger partial charge in [0.05, 0.1) is 13.4 Å². The van der Waals surface area contributed by atoms with E-state index in [9.17, 15) is 9.90 Å². The second kappa shape index (κ2) is 7.10. The third-order valence-corrected chi connectivity index (χ3v) is 2.97. The van der Waals surface area contributed by atoms with E-state index in [-0.39, 0.29) is 5.57 Å². The first-order valence-corrected chi connectivity index (χ1v) is 6.51. The van der Waals surface area contributed by atoms with Gasteiger partial charge in [0.2, 0.25) is 0 Å². The predicted octanol–water partition coefficient (Wildman–Crippen LogP) is 3.93. The van der Waals surface area contributed by atoms with Gasteiger partial charge in [0.25, 0.3) is 0 Å². The fourth-order valence-electron chi connectivity index (χ4n) is 1.98. The summed E-state index contributed by atoms with van der Waals surface area (Å²) >= 11 is 0. The van der Waals surface area contributed by atoms with Gasteiger partial charge in [-0.05, 0) is 16.7 Å². The van der Waals surface area contributed by atoms with Crippen molar-refractivity contribution in [3.8, 4) is 0 Å². The molecule has 1 N–H and O–H groups in total. The highest BCUT2D eigenvalue weighted by Crippen LogP contribution is 2.22. The zero-order valence-electron chi connectivity index (χ0n) is 11.7. The largest absolute Gasteiger partial charge is 0.503 e. The highest BCUT2D eigenvalue weighted by atomic mass is 16.5. The van der Waals surface area contributed by atoms with E-state index in [0.717, 1.165) is 11.1 Å². The summed E-state index contributed by atoms with van der Waals surface area (Å²) in [6.07, 6.45) is 5.10. The topological polar surface area (TPSA) is 46.5 Å². The minimum atomic E-state index is -1.02. The van der Waals surface area contributed by atoms with Crippen LogP contribution >= 0.6 is 0 Å². The standard InChI is InChI=1S/C18H16O3/c1-21-13-17(18(19)20)16-10-6-5-9-15(16)12-11-14-7-3-2-4-8-14/h2-13H,1H3,(H,19,20). The molecule has 3 heteroatoms. The smallest absolute Gasteiger partial charge is 0.339 e. The molecule has 2 aromatic rings. The van der Waals surface area contributed by atoms with Crippen molar-refractivity contribution in [1.82, 2.24) is 0 Å². The van der Waals surface area contributed by atoms with E-state index in [1.54, 1.807) is 6.07 Å². The first kappa shape index (κ1) is 14.6. The summed E-state index contributed by atoms with van der Waals surface area (Å²) in [5, 5.41) is 9.30. The molecule has 0 aliphatic heterocycles. The molecule has 0 saturated carbocycles. The number of rotatable bonds is 5. The third kappa shape index (κ3) is 3.83. The Morgan fingerprint density at radius 2 is 1.67 bits per heavy atom. The van der Waals surface area contributed by atoms with Crippen molar-refractivity contribution < 1.29 is 14.6 Å². The molecule has 0 heterocycles. The molecule has 0 amide bonds. The number of ether oxygens (including phenoxy) is 1. The Labute approximate surface area is 123 Å². The van der Waals surface area contributed by atoms with Crippen LogP contribution in [-0.4, -0.2) is 18.2 Å². The SMILES string of the molecule is COC=C(C(=O)O)c1ccccc1C=Cc1ccccc1. The van der Waals surface area contributed by atoms with Gasteiger partial charge >= 0.3 is 5.97 Å². The average Bonchev–Trinajstić information content (AvgIpc) is 2.52. The first-order chi connectivity index (χ1) is 10.2. The number of methoxy groups -OCH3 is 1. The lowest BCUT2D eigenvalue weighted by atomic mass is 9.99. The normalized spacial score (nSPS) is 11.6. The average molecular weight is 280 g/mol. The Morgan fingerprint density at radius 3 is 2.33 bits per heavy atom. The van der Waals surface area contributed by atoms with Crippen LogP contribution in [0.3, 0.4) is 0 Å². The van der Waals surface area contributed by atoms with Gasteiger partial charge in [-0.1, -0.05) is 66.7 Å². The Hall–Kier alpha value is -2.81. The molecular formula is C18H16O3. The summed E-state index contributed by atoms with van der Waals surface area (Å²) in [4.78, 5) is 11.3. The van der Waals surface area contributed by atoms with Crippen molar-refractivity contribution in [2.45, 2.75) is 0 Å². The van der Waals surface area contributed by atoms with Gasteiger partial charge in [0.15, 0.2) is 0 Å². The molecule has 0 aliphatic rings. The molecule has 0 radical (unpaired) electrons. The summed E-state index contributed by atoms with van der Waals surface area (Å²) in [5.41, 5.74) is 2.64. The molecule has 0 aliphatic carbocycles. The second-order valence-corrected chi connectivity index (χ2v) is 4.40. The van der Waals surface area contributed by atoms with Gasteiger partial charge in [-0.25, -0.2) is 4.79 Å². The van der Waals surface area contributed by atoms with Crippen LogP contribution < -0.4 is 0 Å². The van der Waals surface area contributed by atoms with E-state index >= 15 is 0 Å². The monoisotopic (exact) mass is 280 g/mol. The van der Waals surface area contributed by atoms with E-state index in [1.807, 2.05) is 60.7 Å². The van der Waals surface area contributed by atoms with Crippen LogP contribution in [0.2, 0.25) is 0 Å². The number of carbonyl (C=O) groups is 1. The van der Waals surface area contributed by atoms with Crippen molar-refractivity contribution in [2.75, 3.05) is 7.11 Å². The van der Waals surface area contributed by atoms with Crippen molar-refractivity contribution in [3.63, 3.8) is 0 Å². The summed E-state index contributed by atoms with van der Waals surface area (Å²) in [6.45, 7) is 0. The summed E-state index contributed by atoms with van der Waals surface area (Å²) in [7, 11) is 1.44. The zero-order chi connectivity index (χ0) is 15.1. The molecule has 0 aromatic heterocycles. The van der Waals surface area contributed by atoms with Gasteiger partial charge in [0, 0.05) is 0 Å². The van der Waals surface area contributed by atoms with E-state index in [2.05, 4.69) is 0 Å². The molecule has 0 bridgehead atoms. The molecule has 106 valence electrons. The lowest BCUT2D eigenvalue weighted by Gasteiger charge is -2.06. The van der Waals surface area contributed by atoms with Gasteiger partial charge in [-0.3, -0.25) is 0 Å². The van der Waals surface area contributed by atoms with Crippen LogP contribution in [0.4, 0.5) is 0 Å². The van der Waals surface area contributed by atoms with Crippen molar-refractivity contribution in [2.24, 2.45) is 0 Å². The van der Waals surface area contributed by atoms with Crippen molar-refractivity contribution in [1.29, 1.82) is 0 Å². The summed E-state index contributed by atoms with van der Waals surface area (Å²) in [6, 6.07) is 17.2. The fourth-order valence-corrected chi connectivity index (χ4v) is 1.98. The van der Waals surface area contributed by atoms with E-state index < -0.39 is 5.97 Å². The zero-order valence-corrected chi connectivity index (χ0v) is 11.7. The van der Waals surface area contributed by atoms with Gasteiger partial charge in [-0.2, -0.15) is 0 Å². The van der Waals surface area contributed by atoms with Crippen LogP contribution in [0, 0.1) is 0 Å². The lowest BCUT2D eigenvalue weighted by Crippen LogP contribution is -2.02. The van der Waals surface area contributed by atoms with Crippen LogP contribution in [-0.2, 0) is 9.53 Å². The van der Waals surface area contributed by atoms with E-state index in [0.29, 0.717) is 5.56 Å². The first-order valence-electron chi connectivity index (χ1n) is 6.51. The van der Waals surface area contributed by atoms with Crippen LogP contribution in [0.25, 0.3) is 17.7 Å². The Kier molecular flexibility index (Phi) is 4.94. The van der Waals surface area contributed by atoms with Gasteiger partial charge in [-0.15, -0.1) is 0 Å². The van der Waals surface area contributed by atoms with Crippen LogP contribution in [0.15, 0.2) is 60.9 Å². The molecule has 3 nitrogen and oxygen atoms in total. The molecule has 0 unspecified atom stereocenters. The van der Waals surface area contributed by atoms with Crippen LogP contribution in [0.1, 0.15) is 16.7 Å². The number of carboxylic acid groups (broad SMARTS) is 1. The molecule has 2 rings (SSSR count). The minimum Gasteiger partial charge on any atom is -0.503 e. The Bertz CT molecular complexity index is 670. The second-order valence-electron chi connectivity index (χ2n) is 4.40. The molecule has 0 atom stereocenters. The maximum absolute atomic E-state index is 11.3. The van der Waals surface area contributed by atoms with E-state index in [1.165, 1.54) is 13.4 Å². The van der Waals surface area contributed by atoms with Crippen molar-refractivity contribution in [3.05, 3.63) is 77.5 Å². The quantitative estimate of drug-likeness (QED) is 0.513. The van der Waals surface area contributed by atoms with Gasteiger partial charge in [0.1, 0.15) is 5.57 Å². The van der Waals surface area contributed by atoms with Gasteiger partial charge < -0.3 is 9.84 Å². The molecule has 21 heavy (non-hydrogen) atoms. The summed E-state index contributed by atoms with van der Waals surface area (Å²) in [5.74, 6) is -1.02. The van der Waals surface area contributed by atoms with Crippen LogP contribution in [0.5, 0.6) is 0 Å². The number of benzene rings is 2. The maximum Gasteiger partial charge on any atom is 0.339 e. The minimum absolute atomic E-state index is 0.130.